The lowest BCUT2D eigenvalue weighted by atomic mass is 10.1. The van der Waals surface area contributed by atoms with Crippen LogP contribution in [0.25, 0.3) is 0 Å². The van der Waals surface area contributed by atoms with E-state index in [1.165, 1.54) is 0 Å². The highest BCUT2D eigenvalue weighted by molar-refractivity contribution is 7.59. The topological polar surface area (TPSA) is 43.4 Å². The van der Waals surface area contributed by atoms with Gasteiger partial charge in [-0.3, -0.25) is 9.36 Å². The monoisotopic (exact) mass is 258 g/mol. The fourth-order valence-electron chi connectivity index (χ4n) is 1.91. The number of carbonyl (C=O) groups excluding carboxylic acids is 1. The maximum absolute atomic E-state index is 12.3. The molecule has 1 aromatic rings. The lowest BCUT2D eigenvalue weighted by Crippen LogP contribution is -2.18. The second-order valence-corrected chi connectivity index (χ2v) is 6.66. The average molecular weight is 259 g/mol. The molecule has 1 heterocycles. The number of benzene rings is 1. The Balaban J connectivity index is 2.46. The first-order chi connectivity index (χ1) is 7.56. The van der Waals surface area contributed by atoms with Crippen molar-refractivity contribution in [2.75, 3.05) is 12.8 Å². The van der Waals surface area contributed by atoms with Crippen LogP contribution in [0.15, 0.2) is 18.2 Å². The van der Waals surface area contributed by atoms with Crippen LogP contribution in [0.2, 0.25) is 5.02 Å². The second kappa shape index (κ2) is 4.33. The minimum atomic E-state index is -2.86. The van der Waals surface area contributed by atoms with E-state index in [9.17, 15) is 9.36 Å². The van der Waals surface area contributed by atoms with Gasteiger partial charge < -0.3 is 4.52 Å². The summed E-state index contributed by atoms with van der Waals surface area (Å²) in [5.74, 6) is -0.138. The summed E-state index contributed by atoms with van der Waals surface area (Å²) in [5, 5.41) is 0.491. The molecule has 0 bridgehead atoms. The lowest BCUT2D eigenvalue weighted by Gasteiger charge is -2.24. The molecule has 1 aromatic carbocycles. The van der Waals surface area contributed by atoms with Crippen molar-refractivity contribution in [1.29, 1.82) is 0 Å². The Bertz CT molecular complexity index is 484. The molecular weight excluding hydrogens is 247 g/mol. The number of Topliss-reactive ketones (excluding diaryl/α,β-unsaturated/α-hetero) is 1. The van der Waals surface area contributed by atoms with Crippen molar-refractivity contribution in [1.82, 2.24) is 0 Å². The first kappa shape index (κ1) is 11.8. The maximum Gasteiger partial charge on any atom is 0.215 e. The first-order valence-corrected chi connectivity index (χ1v) is 7.46. The van der Waals surface area contributed by atoms with E-state index in [-0.39, 0.29) is 18.1 Å². The molecule has 0 N–H and O–H groups in total. The molecule has 2 rings (SSSR count). The molecule has 5 heteroatoms. The fraction of sp³-hybridized carbons (Fsp3) is 0.364. The van der Waals surface area contributed by atoms with Crippen LogP contribution >= 0.6 is 19.0 Å². The van der Waals surface area contributed by atoms with Gasteiger partial charge in [0.25, 0.3) is 0 Å². The summed E-state index contributed by atoms with van der Waals surface area (Å²) in [4.78, 5) is 11.8. The quantitative estimate of drug-likeness (QED) is 0.764. The molecule has 0 aromatic heterocycles. The highest BCUT2D eigenvalue weighted by Crippen LogP contribution is 2.54. The van der Waals surface area contributed by atoms with Gasteiger partial charge in [-0.25, -0.2) is 0 Å². The molecule has 1 aliphatic rings. The smallest absolute Gasteiger partial charge is 0.215 e. The van der Waals surface area contributed by atoms with Crippen molar-refractivity contribution in [2.24, 2.45) is 0 Å². The zero-order chi connectivity index (χ0) is 11.8. The van der Waals surface area contributed by atoms with Crippen molar-refractivity contribution in [3.63, 3.8) is 0 Å². The van der Waals surface area contributed by atoms with Crippen molar-refractivity contribution < 1.29 is 13.9 Å². The third kappa shape index (κ3) is 2.08. The molecule has 16 heavy (non-hydrogen) atoms. The van der Waals surface area contributed by atoms with Crippen molar-refractivity contribution in [3.05, 3.63) is 34.3 Å². The average Bonchev–Trinajstić information content (AvgIpc) is 2.20. The fourth-order valence-corrected chi connectivity index (χ4v) is 4.44. The Morgan fingerprint density at radius 3 is 2.88 bits per heavy atom. The van der Waals surface area contributed by atoms with Crippen molar-refractivity contribution in [3.8, 4) is 0 Å². The predicted molar refractivity (Wildman–Crippen MR) is 63.6 cm³/mol. The van der Waals surface area contributed by atoms with Crippen LogP contribution in [0.5, 0.6) is 0 Å². The molecule has 0 saturated heterocycles. The molecule has 1 atom stereocenters. The predicted octanol–water partition coefficient (Wildman–Crippen LogP) is 3.35. The SMILES string of the molecule is CCOP1(=O)CC(=O)c2cccc(Cl)c2C1. The van der Waals surface area contributed by atoms with Crippen molar-refractivity contribution in [2.45, 2.75) is 13.1 Å². The lowest BCUT2D eigenvalue weighted by molar-refractivity contribution is 0.101. The van der Waals surface area contributed by atoms with Crippen LogP contribution in [-0.4, -0.2) is 18.6 Å². The summed E-state index contributed by atoms with van der Waals surface area (Å²) in [5.41, 5.74) is 1.25. The summed E-state index contributed by atoms with van der Waals surface area (Å²) < 4.78 is 17.5. The third-order valence-electron chi connectivity index (χ3n) is 2.57. The Morgan fingerprint density at radius 2 is 2.19 bits per heavy atom. The number of fused-ring (bicyclic) bond motifs is 1. The van der Waals surface area contributed by atoms with Gasteiger partial charge in [0.1, 0.15) is 0 Å². The number of carbonyl (C=O) groups is 1. The summed E-state index contributed by atoms with van der Waals surface area (Å²) in [7, 11) is -2.86. The van der Waals surface area contributed by atoms with Gasteiger partial charge in [-0.1, -0.05) is 23.7 Å². The Kier molecular flexibility index (Phi) is 3.20. The first-order valence-electron chi connectivity index (χ1n) is 5.09. The van der Waals surface area contributed by atoms with Crippen LogP contribution in [0.3, 0.4) is 0 Å². The van der Waals surface area contributed by atoms with Gasteiger partial charge in [0.05, 0.1) is 18.9 Å². The largest absolute Gasteiger partial charge is 0.328 e. The van der Waals surface area contributed by atoms with E-state index < -0.39 is 7.37 Å². The summed E-state index contributed by atoms with van der Waals surface area (Å²) in [6, 6.07) is 5.16. The number of ketones is 1. The molecule has 0 aliphatic carbocycles. The van der Waals surface area contributed by atoms with Crippen LogP contribution in [0, 0.1) is 0 Å². The summed E-state index contributed by atoms with van der Waals surface area (Å²) in [6.07, 6.45) is 0.260. The Labute approximate surface area is 99.2 Å². The minimum Gasteiger partial charge on any atom is -0.328 e. The zero-order valence-electron chi connectivity index (χ0n) is 8.90. The van der Waals surface area contributed by atoms with E-state index in [4.69, 9.17) is 16.1 Å². The third-order valence-corrected chi connectivity index (χ3v) is 5.22. The van der Waals surface area contributed by atoms with Gasteiger partial charge in [0.15, 0.2) is 5.78 Å². The molecule has 0 saturated carbocycles. The van der Waals surface area contributed by atoms with Gasteiger partial charge in [0.2, 0.25) is 7.37 Å². The highest BCUT2D eigenvalue weighted by atomic mass is 35.5. The molecule has 0 spiro atoms. The van der Waals surface area contributed by atoms with E-state index in [0.717, 1.165) is 0 Å². The highest BCUT2D eigenvalue weighted by Gasteiger charge is 2.35. The number of hydrogen-bond acceptors (Lipinski definition) is 3. The molecule has 3 nitrogen and oxygen atoms in total. The van der Waals surface area contributed by atoms with Gasteiger partial charge in [0, 0.05) is 10.6 Å². The maximum atomic E-state index is 12.3. The molecule has 1 unspecified atom stereocenters. The molecular formula is C11H12ClO3P. The normalized spacial score (nSPS) is 24.2. The van der Waals surface area contributed by atoms with Gasteiger partial charge in [-0.2, -0.15) is 0 Å². The number of hydrogen-bond donors (Lipinski definition) is 0. The summed E-state index contributed by atoms with van der Waals surface area (Å²) in [6.45, 7) is 2.12. The molecule has 1 aliphatic heterocycles. The Hall–Kier alpha value is -0.630. The van der Waals surface area contributed by atoms with Crippen LogP contribution in [-0.2, 0) is 15.3 Å². The van der Waals surface area contributed by atoms with E-state index in [2.05, 4.69) is 0 Å². The standard InChI is InChI=1S/C11H12ClO3P/c1-2-15-16(14)6-9-8(11(13)7-16)4-3-5-10(9)12/h3-5H,2,6-7H2,1H3. The molecule has 0 radical (unpaired) electrons. The van der Waals surface area contributed by atoms with E-state index in [1.807, 2.05) is 0 Å². The van der Waals surface area contributed by atoms with E-state index in [1.54, 1.807) is 25.1 Å². The van der Waals surface area contributed by atoms with Crippen LogP contribution in [0.4, 0.5) is 0 Å². The molecule has 0 fully saturated rings. The Morgan fingerprint density at radius 1 is 1.44 bits per heavy atom. The number of rotatable bonds is 2. The minimum absolute atomic E-state index is 0.00577. The van der Waals surface area contributed by atoms with E-state index in [0.29, 0.717) is 22.8 Å². The van der Waals surface area contributed by atoms with Gasteiger partial charge in [-0.15, -0.1) is 0 Å². The molecule has 86 valence electrons. The van der Waals surface area contributed by atoms with Crippen molar-refractivity contribution >= 4 is 24.8 Å². The number of halogens is 1. The van der Waals surface area contributed by atoms with Gasteiger partial charge in [-0.05, 0) is 18.6 Å². The van der Waals surface area contributed by atoms with Crippen LogP contribution < -0.4 is 0 Å². The van der Waals surface area contributed by atoms with Crippen LogP contribution in [0.1, 0.15) is 22.8 Å². The van der Waals surface area contributed by atoms with Gasteiger partial charge >= 0.3 is 0 Å². The molecule has 0 amide bonds. The van der Waals surface area contributed by atoms with E-state index >= 15 is 0 Å². The second-order valence-electron chi connectivity index (χ2n) is 3.74. The summed E-state index contributed by atoms with van der Waals surface area (Å²) >= 11 is 6.01. The zero-order valence-corrected chi connectivity index (χ0v) is 10.6.